The monoisotopic (exact) mass is 207 g/mol. The molecule has 0 radical (unpaired) electrons. The number of nitrogens with two attached hydrogens (primary N) is 1. The molecule has 0 spiro atoms. The summed E-state index contributed by atoms with van der Waals surface area (Å²) in [7, 11) is 0. The predicted octanol–water partition coefficient (Wildman–Crippen LogP) is 2.81. The average Bonchev–Trinajstić information content (AvgIpc) is 2.11. The van der Waals surface area contributed by atoms with Crippen LogP contribution >= 0.6 is 0 Å². The normalized spacial score (nSPS) is 14.7. The summed E-state index contributed by atoms with van der Waals surface area (Å²) in [6.45, 7) is 8.25. The van der Waals surface area contributed by atoms with Gasteiger partial charge in [0.15, 0.2) is 0 Å². The SMILES string of the molecule is Cc1cccc(OC(C)CC(C)N)c1C. The van der Waals surface area contributed by atoms with Crippen LogP contribution in [0, 0.1) is 13.8 Å². The lowest BCUT2D eigenvalue weighted by molar-refractivity contribution is 0.201. The maximum atomic E-state index is 5.86. The summed E-state index contributed by atoms with van der Waals surface area (Å²) in [5, 5.41) is 0. The average molecular weight is 207 g/mol. The summed E-state index contributed by atoms with van der Waals surface area (Å²) in [6, 6.07) is 6.32. The van der Waals surface area contributed by atoms with Crippen LogP contribution in [0.15, 0.2) is 18.2 Å². The fraction of sp³-hybridized carbons (Fsp3) is 0.538. The fourth-order valence-electron chi connectivity index (χ4n) is 1.64. The molecule has 84 valence electrons. The number of benzene rings is 1. The van der Waals surface area contributed by atoms with Gasteiger partial charge < -0.3 is 10.5 Å². The minimum Gasteiger partial charge on any atom is -0.490 e. The van der Waals surface area contributed by atoms with E-state index in [9.17, 15) is 0 Å². The predicted molar refractivity (Wildman–Crippen MR) is 64.3 cm³/mol. The third-order valence-corrected chi connectivity index (χ3v) is 2.59. The van der Waals surface area contributed by atoms with Gasteiger partial charge in [-0.15, -0.1) is 0 Å². The molecule has 2 heteroatoms. The largest absolute Gasteiger partial charge is 0.490 e. The van der Waals surface area contributed by atoms with Crippen molar-refractivity contribution in [3.8, 4) is 5.75 Å². The Morgan fingerprint density at radius 2 is 1.93 bits per heavy atom. The maximum Gasteiger partial charge on any atom is 0.122 e. The van der Waals surface area contributed by atoms with E-state index in [0.29, 0.717) is 0 Å². The van der Waals surface area contributed by atoms with Gasteiger partial charge in [0.25, 0.3) is 0 Å². The molecule has 0 aliphatic rings. The number of hydrogen-bond donors (Lipinski definition) is 1. The van der Waals surface area contributed by atoms with E-state index in [1.807, 2.05) is 19.1 Å². The van der Waals surface area contributed by atoms with Crippen LogP contribution in [-0.4, -0.2) is 12.1 Å². The van der Waals surface area contributed by atoms with Crippen LogP contribution in [0.2, 0.25) is 0 Å². The first-order valence-electron chi connectivity index (χ1n) is 5.49. The molecule has 1 aromatic rings. The molecule has 2 N–H and O–H groups in total. The van der Waals surface area contributed by atoms with Gasteiger partial charge in [-0.25, -0.2) is 0 Å². The van der Waals surface area contributed by atoms with Crippen molar-refractivity contribution < 1.29 is 4.74 Å². The number of rotatable bonds is 4. The smallest absolute Gasteiger partial charge is 0.122 e. The first kappa shape index (κ1) is 12.1. The van der Waals surface area contributed by atoms with Gasteiger partial charge >= 0.3 is 0 Å². The topological polar surface area (TPSA) is 35.2 Å². The first-order valence-corrected chi connectivity index (χ1v) is 5.49. The third-order valence-electron chi connectivity index (χ3n) is 2.59. The molecule has 0 heterocycles. The molecule has 0 bridgehead atoms. The maximum absolute atomic E-state index is 5.86. The second kappa shape index (κ2) is 5.17. The Morgan fingerprint density at radius 1 is 1.27 bits per heavy atom. The van der Waals surface area contributed by atoms with E-state index in [1.165, 1.54) is 11.1 Å². The van der Waals surface area contributed by atoms with Gasteiger partial charge in [0.05, 0.1) is 6.10 Å². The molecule has 1 rings (SSSR count). The quantitative estimate of drug-likeness (QED) is 0.824. The van der Waals surface area contributed by atoms with E-state index in [1.54, 1.807) is 0 Å². The summed E-state index contributed by atoms with van der Waals surface area (Å²) in [5.74, 6) is 0.975. The van der Waals surface area contributed by atoms with Crippen molar-refractivity contribution in [2.75, 3.05) is 0 Å². The van der Waals surface area contributed by atoms with Crippen LogP contribution in [-0.2, 0) is 0 Å². The van der Waals surface area contributed by atoms with E-state index in [4.69, 9.17) is 10.5 Å². The molecule has 15 heavy (non-hydrogen) atoms. The summed E-state index contributed by atoms with van der Waals surface area (Å²) < 4.78 is 5.86. The Hall–Kier alpha value is -1.02. The highest BCUT2D eigenvalue weighted by molar-refractivity contribution is 5.38. The summed E-state index contributed by atoms with van der Waals surface area (Å²) in [5.41, 5.74) is 8.22. The Morgan fingerprint density at radius 3 is 2.53 bits per heavy atom. The van der Waals surface area contributed by atoms with Crippen LogP contribution in [0.25, 0.3) is 0 Å². The number of hydrogen-bond acceptors (Lipinski definition) is 2. The molecule has 0 fully saturated rings. The zero-order valence-electron chi connectivity index (χ0n) is 10.1. The summed E-state index contributed by atoms with van der Waals surface area (Å²) in [6.07, 6.45) is 1.05. The van der Waals surface area contributed by atoms with Gasteiger partial charge in [0, 0.05) is 6.04 Å². The molecular formula is C13H21NO. The lowest BCUT2D eigenvalue weighted by atomic mass is 10.1. The molecule has 0 saturated carbocycles. The molecular weight excluding hydrogens is 186 g/mol. The van der Waals surface area contributed by atoms with E-state index in [-0.39, 0.29) is 12.1 Å². The zero-order valence-corrected chi connectivity index (χ0v) is 10.1. The van der Waals surface area contributed by atoms with Crippen LogP contribution in [0.3, 0.4) is 0 Å². The van der Waals surface area contributed by atoms with Gasteiger partial charge in [-0.3, -0.25) is 0 Å². The van der Waals surface area contributed by atoms with Gasteiger partial charge in [0.1, 0.15) is 5.75 Å². The molecule has 2 atom stereocenters. The van der Waals surface area contributed by atoms with Crippen molar-refractivity contribution in [1.29, 1.82) is 0 Å². The highest BCUT2D eigenvalue weighted by Crippen LogP contribution is 2.22. The molecule has 0 aliphatic heterocycles. The van der Waals surface area contributed by atoms with Gasteiger partial charge in [-0.2, -0.15) is 0 Å². The summed E-state index contributed by atoms with van der Waals surface area (Å²) in [4.78, 5) is 0. The van der Waals surface area contributed by atoms with Gasteiger partial charge in [0.2, 0.25) is 0 Å². The molecule has 0 saturated heterocycles. The van der Waals surface area contributed by atoms with Crippen LogP contribution in [0.5, 0.6) is 5.75 Å². The Bertz CT molecular complexity index is 320. The van der Waals surface area contributed by atoms with Gasteiger partial charge in [-0.1, -0.05) is 12.1 Å². The van der Waals surface area contributed by atoms with Crippen molar-refractivity contribution in [2.45, 2.75) is 46.3 Å². The molecule has 0 aromatic heterocycles. The van der Waals surface area contributed by atoms with E-state index >= 15 is 0 Å². The Labute approximate surface area is 92.4 Å². The van der Waals surface area contributed by atoms with Crippen molar-refractivity contribution >= 4 is 0 Å². The zero-order chi connectivity index (χ0) is 11.4. The van der Waals surface area contributed by atoms with Crippen molar-refractivity contribution in [2.24, 2.45) is 5.73 Å². The molecule has 2 nitrogen and oxygen atoms in total. The van der Waals surface area contributed by atoms with Crippen LogP contribution in [0.4, 0.5) is 0 Å². The van der Waals surface area contributed by atoms with Gasteiger partial charge in [-0.05, 0) is 51.3 Å². The minimum absolute atomic E-state index is 0.172. The van der Waals surface area contributed by atoms with Crippen LogP contribution < -0.4 is 10.5 Å². The van der Waals surface area contributed by atoms with Crippen LogP contribution in [0.1, 0.15) is 31.4 Å². The number of ether oxygens (including phenoxy) is 1. The highest BCUT2D eigenvalue weighted by atomic mass is 16.5. The standard InChI is InChI=1S/C13H21NO/c1-9-6-5-7-13(12(9)4)15-11(3)8-10(2)14/h5-7,10-11H,8,14H2,1-4H3. The second-order valence-corrected chi connectivity index (χ2v) is 4.34. The molecule has 0 amide bonds. The summed E-state index contributed by atoms with van der Waals surface area (Å²) >= 11 is 0. The van der Waals surface area contributed by atoms with E-state index in [0.717, 1.165) is 12.2 Å². The van der Waals surface area contributed by atoms with E-state index in [2.05, 4.69) is 26.8 Å². The van der Waals surface area contributed by atoms with Crippen molar-refractivity contribution in [3.63, 3.8) is 0 Å². The fourth-order valence-corrected chi connectivity index (χ4v) is 1.64. The van der Waals surface area contributed by atoms with Crippen molar-refractivity contribution in [1.82, 2.24) is 0 Å². The lowest BCUT2D eigenvalue weighted by Crippen LogP contribution is -2.24. The second-order valence-electron chi connectivity index (χ2n) is 4.34. The Kier molecular flexibility index (Phi) is 4.15. The minimum atomic E-state index is 0.172. The third kappa shape index (κ3) is 3.56. The van der Waals surface area contributed by atoms with E-state index < -0.39 is 0 Å². The lowest BCUT2D eigenvalue weighted by Gasteiger charge is -2.18. The van der Waals surface area contributed by atoms with Crippen molar-refractivity contribution in [3.05, 3.63) is 29.3 Å². The Balaban J connectivity index is 2.68. The molecule has 1 aromatic carbocycles. The first-order chi connectivity index (χ1) is 7.00. The molecule has 0 aliphatic carbocycles. The molecule has 2 unspecified atom stereocenters. The number of aryl methyl sites for hydroxylation is 1. The highest BCUT2D eigenvalue weighted by Gasteiger charge is 2.09.